The zero-order chi connectivity index (χ0) is 27.2. The molecule has 2 rings (SSSR count). The molecule has 9 N–H and O–H groups in total. The van der Waals surface area contributed by atoms with Crippen LogP contribution < -0.4 is 32.7 Å². The highest BCUT2D eigenvalue weighted by atomic mass is 16.4. The van der Waals surface area contributed by atoms with Gasteiger partial charge in [-0.2, -0.15) is 0 Å². The van der Waals surface area contributed by atoms with E-state index in [4.69, 9.17) is 11.5 Å². The number of carboxylic acids is 1. The molecule has 0 bridgehead atoms. The number of nitrogens with one attached hydrogen (secondary N) is 4. The molecule has 4 atom stereocenters. The second-order valence-corrected chi connectivity index (χ2v) is 9.15. The van der Waals surface area contributed by atoms with Crippen LogP contribution in [0.1, 0.15) is 50.5 Å². The molecule has 37 heavy (non-hydrogen) atoms. The average molecular weight is 519 g/mol. The fourth-order valence-corrected chi connectivity index (χ4v) is 4.09. The first-order valence-electron chi connectivity index (χ1n) is 12.6. The standard InChI is InChI=1S/C25H38N6O6/c26-13-5-4-9-18(29-22(33)17-10-6-14-28-17)23(34)31-20(15-16-7-2-1-3-8-16)24(35)30-19(25(36)37)11-12-21(27)32/h1-3,7-8,17-20,28H,4-6,9-15,26H2,(H2,27,32)(H,29,33)(H,30,35)(H,31,34)(H,36,37). The van der Waals surface area contributed by atoms with E-state index in [-0.39, 0.29) is 31.2 Å². The third-order valence-electron chi connectivity index (χ3n) is 6.17. The number of benzene rings is 1. The molecular formula is C25H38N6O6. The van der Waals surface area contributed by atoms with Crippen molar-refractivity contribution < 1.29 is 29.1 Å². The molecule has 0 aromatic heterocycles. The van der Waals surface area contributed by atoms with Gasteiger partial charge in [0, 0.05) is 12.8 Å². The lowest BCUT2D eigenvalue weighted by Gasteiger charge is -2.25. The number of rotatable bonds is 16. The van der Waals surface area contributed by atoms with Gasteiger partial charge >= 0.3 is 5.97 Å². The van der Waals surface area contributed by atoms with Gasteiger partial charge in [-0.25, -0.2) is 4.79 Å². The first-order chi connectivity index (χ1) is 17.7. The molecule has 1 aromatic carbocycles. The van der Waals surface area contributed by atoms with E-state index in [2.05, 4.69) is 21.3 Å². The van der Waals surface area contributed by atoms with E-state index >= 15 is 0 Å². The van der Waals surface area contributed by atoms with E-state index in [0.29, 0.717) is 32.2 Å². The lowest BCUT2D eigenvalue weighted by molar-refractivity contribution is -0.142. The van der Waals surface area contributed by atoms with Gasteiger partial charge in [0.1, 0.15) is 18.1 Å². The number of carbonyl (C=O) groups is 5. The molecule has 1 aliphatic heterocycles. The third kappa shape index (κ3) is 10.6. The number of nitrogens with two attached hydrogens (primary N) is 2. The summed E-state index contributed by atoms with van der Waals surface area (Å²) in [4.78, 5) is 61.9. The quantitative estimate of drug-likeness (QED) is 0.134. The molecule has 1 aliphatic rings. The minimum atomic E-state index is -1.36. The molecule has 0 saturated carbocycles. The van der Waals surface area contributed by atoms with E-state index in [9.17, 15) is 29.1 Å². The van der Waals surface area contributed by atoms with Gasteiger partial charge in [-0.05, 0) is 57.2 Å². The van der Waals surface area contributed by atoms with E-state index in [1.165, 1.54) is 0 Å². The molecule has 4 unspecified atom stereocenters. The van der Waals surface area contributed by atoms with E-state index < -0.39 is 41.8 Å². The summed E-state index contributed by atoms with van der Waals surface area (Å²) in [6.45, 7) is 1.16. The fourth-order valence-electron chi connectivity index (χ4n) is 4.09. The summed E-state index contributed by atoms with van der Waals surface area (Å²) in [6.07, 6.45) is 2.80. The number of hydrogen-bond donors (Lipinski definition) is 7. The highest BCUT2D eigenvalue weighted by molar-refractivity contribution is 5.94. The molecule has 1 aromatic rings. The summed E-state index contributed by atoms with van der Waals surface area (Å²) in [6, 6.07) is 5.18. The Labute approximate surface area is 216 Å². The molecule has 12 nitrogen and oxygen atoms in total. The lowest BCUT2D eigenvalue weighted by Crippen LogP contribution is -2.57. The minimum Gasteiger partial charge on any atom is -0.480 e. The summed E-state index contributed by atoms with van der Waals surface area (Å²) in [5.41, 5.74) is 11.4. The van der Waals surface area contributed by atoms with Gasteiger partial charge in [0.05, 0.1) is 6.04 Å². The van der Waals surface area contributed by atoms with Gasteiger partial charge in [-0.15, -0.1) is 0 Å². The van der Waals surface area contributed by atoms with Crippen LogP contribution in [-0.4, -0.2) is 72.0 Å². The van der Waals surface area contributed by atoms with Gasteiger partial charge in [0.15, 0.2) is 0 Å². The van der Waals surface area contributed by atoms with Crippen molar-refractivity contribution in [2.75, 3.05) is 13.1 Å². The van der Waals surface area contributed by atoms with Crippen molar-refractivity contribution in [1.29, 1.82) is 0 Å². The smallest absolute Gasteiger partial charge is 0.326 e. The highest BCUT2D eigenvalue weighted by Crippen LogP contribution is 2.10. The third-order valence-corrected chi connectivity index (χ3v) is 6.17. The number of aliphatic carboxylic acids is 1. The maximum absolute atomic E-state index is 13.3. The first kappa shape index (κ1) is 29.7. The van der Waals surface area contributed by atoms with Crippen LogP contribution in [0.15, 0.2) is 30.3 Å². The van der Waals surface area contributed by atoms with Gasteiger partial charge in [-0.3, -0.25) is 19.2 Å². The molecule has 1 saturated heterocycles. The van der Waals surface area contributed by atoms with Crippen molar-refractivity contribution in [3.63, 3.8) is 0 Å². The first-order valence-corrected chi connectivity index (χ1v) is 12.6. The number of carboxylic acid groups (broad SMARTS) is 1. The Balaban J connectivity index is 2.18. The van der Waals surface area contributed by atoms with Crippen molar-refractivity contribution in [2.45, 2.75) is 75.5 Å². The number of carbonyl (C=O) groups excluding carboxylic acids is 4. The summed E-state index contributed by atoms with van der Waals surface area (Å²) in [7, 11) is 0. The van der Waals surface area contributed by atoms with Crippen LogP contribution in [0.3, 0.4) is 0 Å². The Morgan fingerprint density at radius 2 is 1.62 bits per heavy atom. The summed E-state index contributed by atoms with van der Waals surface area (Å²) < 4.78 is 0. The Kier molecular flexibility index (Phi) is 12.5. The second kappa shape index (κ2) is 15.6. The summed E-state index contributed by atoms with van der Waals surface area (Å²) in [5.74, 6) is -3.58. The second-order valence-electron chi connectivity index (χ2n) is 9.15. The Hall–Kier alpha value is -3.51. The predicted octanol–water partition coefficient (Wildman–Crippen LogP) is -1.09. The number of unbranched alkanes of at least 4 members (excludes halogenated alkanes) is 1. The van der Waals surface area contributed by atoms with Crippen molar-refractivity contribution in [3.8, 4) is 0 Å². The molecule has 204 valence electrons. The predicted molar refractivity (Wildman–Crippen MR) is 136 cm³/mol. The van der Waals surface area contributed by atoms with Gasteiger partial charge < -0.3 is 37.8 Å². The minimum absolute atomic E-state index is 0.0915. The largest absolute Gasteiger partial charge is 0.480 e. The maximum Gasteiger partial charge on any atom is 0.326 e. The van der Waals surface area contributed by atoms with Crippen molar-refractivity contribution in [1.82, 2.24) is 21.3 Å². The van der Waals surface area contributed by atoms with E-state index in [0.717, 1.165) is 18.5 Å². The van der Waals surface area contributed by atoms with Crippen LogP contribution >= 0.6 is 0 Å². The number of hydrogen-bond acceptors (Lipinski definition) is 7. The maximum atomic E-state index is 13.3. The number of primary amides is 1. The van der Waals surface area contributed by atoms with Crippen molar-refractivity contribution in [3.05, 3.63) is 35.9 Å². The van der Waals surface area contributed by atoms with E-state index in [1.807, 2.05) is 6.07 Å². The van der Waals surface area contributed by atoms with E-state index in [1.54, 1.807) is 24.3 Å². The Bertz CT molecular complexity index is 922. The van der Waals surface area contributed by atoms with Crippen molar-refractivity contribution in [2.24, 2.45) is 11.5 Å². The van der Waals surface area contributed by atoms with Crippen LogP contribution in [0.25, 0.3) is 0 Å². The Morgan fingerprint density at radius 1 is 0.946 bits per heavy atom. The molecular weight excluding hydrogens is 480 g/mol. The molecule has 0 spiro atoms. The Morgan fingerprint density at radius 3 is 2.22 bits per heavy atom. The van der Waals surface area contributed by atoms with Crippen LogP contribution in [0.2, 0.25) is 0 Å². The molecule has 0 radical (unpaired) electrons. The topological polar surface area (TPSA) is 206 Å². The SMILES string of the molecule is NCCCCC(NC(=O)C1CCCN1)C(=O)NC(Cc1ccccc1)C(=O)NC(CCC(N)=O)C(=O)O. The summed E-state index contributed by atoms with van der Waals surface area (Å²) >= 11 is 0. The van der Waals surface area contributed by atoms with Crippen LogP contribution in [0.4, 0.5) is 0 Å². The molecule has 4 amide bonds. The van der Waals surface area contributed by atoms with Crippen LogP contribution in [-0.2, 0) is 30.4 Å². The van der Waals surface area contributed by atoms with Gasteiger partial charge in [0.2, 0.25) is 23.6 Å². The number of amides is 4. The molecule has 0 aliphatic carbocycles. The van der Waals surface area contributed by atoms with Crippen LogP contribution in [0, 0.1) is 0 Å². The van der Waals surface area contributed by atoms with Gasteiger partial charge in [-0.1, -0.05) is 30.3 Å². The monoisotopic (exact) mass is 518 g/mol. The zero-order valence-corrected chi connectivity index (χ0v) is 20.9. The normalized spacial score (nSPS) is 17.3. The average Bonchev–Trinajstić information content (AvgIpc) is 3.41. The van der Waals surface area contributed by atoms with Crippen LogP contribution in [0.5, 0.6) is 0 Å². The van der Waals surface area contributed by atoms with Crippen molar-refractivity contribution >= 4 is 29.6 Å². The van der Waals surface area contributed by atoms with Gasteiger partial charge in [0.25, 0.3) is 0 Å². The fraction of sp³-hybridized carbons (Fsp3) is 0.560. The molecule has 1 fully saturated rings. The summed E-state index contributed by atoms with van der Waals surface area (Å²) in [5, 5.41) is 20.5. The molecule has 1 heterocycles. The molecule has 12 heteroatoms. The lowest BCUT2D eigenvalue weighted by atomic mass is 10.0. The highest BCUT2D eigenvalue weighted by Gasteiger charge is 2.31. The zero-order valence-electron chi connectivity index (χ0n) is 20.9.